The number of benzene rings is 1. The Labute approximate surface area is 97.3 Å². The number of nitrogens with zero attached hydrogens (tertiary/aromatic N) is 2. The van der Waals surface area contributed by atoms with Crippen LogP contribution in [0.4, 0.5) is 10.8 Å². The molecule has 0 bridgehead atoms. The fourth-order valence-electron chi connectivity index (χ4n) is 1.22. The summed E-state index contributed by atoms with van der Waals surface area (Å²) in [7, 11) is 0. The first-order chi connectivity index (χ1) is 7.81. The summed E-state index contributed by atoms with van der Waals surface area (Å²) in [4.78, 5) is 10.5. The Bertz CT molecular complexity index is 478. The largest absolute Gasteiger partial charge is 0.330 e. The molecule has 16 heavy (non-hydrogen) atoms. The Morgan fingerprint density at radius 3 is 2.62 bits per heavy atom. The molecule has 0 unspecified atom stereocenters. The highest BCUT2D eigenvalue weighted by Gasteiger charge is 2.02. The minimum Gasteiger partial charge on any atom is -0.330 e. The monoisotopic (exact) mass is 233 g/mol. The number of anilines is 2. The molecule has 1 aromatic heterocycles. The van der Waals surface area contributed by atoms with Gasteiger partial charge in [-0.05, 0) is 30.7 Å². The number of rotatable bonds is 4. The third-order valence-corrected chi connectivity index (χ3v) is 3.05. The summed E-state index contributed by atoms with van der Waals surface area (Å²) in [6.07, 6.45) is 1.72. The average Bonchev–Trinajstić information content (AvgIpc) is 2.78. The highest BCUT2D eigenvalue weighted by molar-refractivity contribution is 7.15. The molecule has 0 spiro atoms. The van der Waals surface area contributed by atoms with Crippen LogP contribution in [-0.4, -0.2) is 16.5 Å². The van der Waals surface area contributed by atoms with Crippen LogP contribution in [0, 0.1) is 0 Å². The third-order valence-electron chi connectivity index (χ3n) is 2.07. The number of aldehydes is 1. The number of aryl methyl sites for hydroxylation is 1. The SMILES string of the molecule is CCc1nnc(Nc2ccc(C=O)cc2)s1. The van der Waals surface area contributed by atoms with Crippen LogP contribution in [0.25, 0.3) is 0 Å². The molecule has 0 aliphatic heterocycles. The minimum absolute atomic E-state index is 0.664. The van der Waals surface area contributed by atoms with Gasteiger partial charge in [-0.25, -0.2) is 0 Å². The van der Waals surface area contributed by atoms with Gasteiger partial charge in [0, 0.05) is 11.3 Å². The topological polar surface area (TPSA) is 54.9 Å². The summed E-state index contributed by atoms with van der Waals surface area (Å²) in [6, 6.07) is 7.21. The lowest BCUT2D eigenvalue weighted by molar-refractivity contribution is 0.112. The van der Waals surface area contributed by atoms with Gasteiger partial charge in [0.15, 0.2) is 0 Å². The summed E-state index contributed by atoms with van der Waals surface area (Å²) in [5.74, 6) is 0. The zero-order valence-corrected chi connectivity index (χ0v) is 9.62. The number of hydrogen-bond acceptors (Lipinski definition) is 5. The number of hydrogen-bond donors (Lipinski definition) is 1. The van der Waals surface area contributed by atoms with Crippen molar-refractivity contribution < 1.29 is 4.79 Å². The van der Waals surface area contributed by atoms with E-state index in [1.165, 1.54) is 11.3 Å². The van der Waals surface area contributed by atoms with Crippen LogP contribution >= 0.6 is 11.3 Å². The van der Waals surface area contributed by atoms with Crippen LogP contribution < -0.4 is 5.32 Å². The molecular formula is C11H11N3OS. The van der Waals surface area contributed by atoms with Gasteiger partial charge in [-0.1, -0.05) is 18.3 Å². The third kappa shape index (κ3) is 2.43. The van der Waals surface area contributed by atoms with Gasteiger partial charge in [0.25, 0.3) is 0 Å². The molecule has 0 aliphatic carbocycles. The minimum atomic E-state index is 0.664. The zero-order valence-electron chi connectivity index (χ0n) is 8.80. The van der Waals surface area contributed by atoms with Gasteiger partial charge in [-0.3, -0.25) is 4.79 Å². The van der Waals surface area contributed by atoms with Crippen molar-refractivity contribution in [2.75, 3.05) is 5.32 Å². The van der Waals surface area contributed by atoms with Gasteiger partial charge in [0.1, 0.15) is 11.3 Å². The van der Waals surface area contributed by atoms with Gasteiger partial charge >= 0.3 is 0 Å². The van der Waals surface area contributed by atoms with E-state index >= 15 is 0 Å². The first-order valence-electron chi connectivity index (χ1n) is 4.96. The lowest BCUT2D eigenvalue weighted by Gasteiger charge is -2.00. The molecule has 1 N–H and O–H groups in total. The van der Waals surface area contributed by atoms with Crippen molar-refractivity contribution in [2.45, 2.75) is 13.3 Å². The second kappa shape index (κ2) is 4.85. The second-order valence-electron chi connectivity index (χ2n) is 3.22. The molecule has 0 saturated carbocycles. The smallest absolute Gasteiger partial charge is 0.210 e. The predicted octanol–water partition coefficient (Wildman–Crippen LogP) is 2.66. The quantitative estimate of drug-likeness (QED) is 0.825. The predicted molar refractivity (Wildman–Crippen MR) is 64.4 cm³/mol. The van der Waals surface area contributed by atoms with E-state index in [4.69, 9.17) is 0 Å². The number of carbonyl (C=O) groups is 1. The van der Waals surface area contributed by atoms with Gasteiger partial charge in [-0.2, -0.15) is 0 Å². The van der Waals surface area contributed by atoms with Crippen molar-refractivity contribution in [3.8, 4) is 0 Å². The van der Waals surface area contributed by atoms with E-state index in [1.54, 1.807) is 12.1 Å². The number of nitrogens with one attached hydrogen (secondary N) is 1. The van der Waals surface area contributed by atoms with E-state index < -0.39 is 0 Å². The zero-order chi connectivity index (χ0) is 11.4. The molecule has 0 fully saturated rings. The van der Waals surface area contributed by atoms with Crippen molar-refractivity contribution in [1.29, 1.82) is 0 Å². The van der Waals surface area contributed by atoms with E-state index in [1.807, 2.05) is 19.1 Å². The molecule has 2 aromatic rings. The summed E-state index contributed by atoms with van der Waals surface area (Å²) >= 11 is 1.53. The van der Waals surface area contributed by atoms with Crippen LogP contribution in [-0.2, 0) is 6.42 Å². The van der Waals surface area contributed by atoms with Crippen LogP contribution in [0.3, 0.4) is 0 Å². The normalized spacial score (nSPS) is 10.1. The van der Waals surface area contributed by atoms with E-state index in [9.17, 15) is 4.79 Å². The maximum absolute atomic E-state index is 10.5. The molecule has 0 saturated heterocycles. The molecule has 0 atom stereocenters. The highest BCUT2D eigenvalue weighted by Crippen LogP contribution is 2.20. The number of carbonyl (C=O) groups excluding carboxylic acids is 1. The molecular weight excluding hydrogens is 222 g/mol. The van der Waals surface area contributed by atoms with Crippen molar-refractivity contribution in [3.63, 3.8) is 0 Å². The summed E-state index contributed by atoms with van der Waals surface area (Å²) in [5, 5.41) is 12.9. The lowest BCUT2D eigenvalue weighted by Crippen LogP contribution is -1.89. The van der Waals surface area contributed by atoms with Crippen LogP contribution in [0.15, 0.2) is 24.3 Å². The van der Waals surface area contributed by atoms with E-state index in [2.05, 4.69) is 15.5 Å². The Kier molecular flexibility index (Phi) is 3.26. The molecule has 0 radical (unpaired) electrons. The summed E-state index contributed by atoms with van der Waals surface area (Å²) in [6.45, 7) is 2.04. The molecule has 1 aromatic carbocycles. The van der Waals surface area contributed by atoms with Crippen molar-refractivity contribution >= 4 is 28.4 Å². The fraction of sp³-hybridized carbons (Fsp3) is 0.182. The summed E-state index contributed by atoms with van der Waals surface area (Å²) in [5.41, 5.74) is 1.57. The van der Waals surface area contributed by atoms with Gasteiger partial charge < -0.3 is 5.32 Å². The van der Waals surface area contributed by atoms with Crippen molar-refractivity contribution in [1.82, 2.24) is 10.2 Å². The molecule has 2 rings (SSSR count). The number of aromatic nitrogens is 2. The fourth-order valence-corrected chi connectivity index (χ4v) is 1.92. The summed E-state index contributed by atoms with van der Waals surface area (Å²) < 4.78 is 0. The van der Waals surface area contributed by atoms with E-state index in [-0.39, 0.29) is 0 Å². The van der Waals surface area contributed by atoms with Crippen LogP contribution in [0.1, 0.15) is 22.3 Å². The van der Waals surface area contributed by atoms with E-state index in [0.29, 0.717) is 5.56 Å². The average molecular weight is 233 g/mol. The van der Waals surface area contributed by atoms with E-state index in [0.717, 1.165) is 28.5 Å². The Morgan fingerprint density at radius 2 is 2.06 bits per heavy atom. The Hall–Kier alpha value is -1.75. The maximum atomic E-state index is 10.5. The highest BCUT2D eigenvalue weighted by atomic mass is 32.1. The maximum Gasteiger partial charge on any atom is 0.210 e. The lowest BCUT2D eigenvalue weighted by atomic mass is 10.2. The molecule has 82 valence electrons. The van der Waals surface area contributed by atoms with Gasteiger partial charge in [0.2, 0.25) is 5.13 Å². The Balaban J connectivity index is 2.10. The Morgan fingerprint density at radius 1 is 1.31 bits per heavy atom. The standard InChI is InChI=1S/C11H11N3OS/c1-2-10-13-14-11(16-10)12-9-5-3-8(7-15)4-6-9/h3-7H,2H2,1H3,(H,12,14). The van der Waals surface area contributed by atoms with Gasteiger partial charge in [0.05, 0.1) is 0 Å². The first kappa shape index (κ1) is 10.8. The van der Waals surface area contributed by atoms with Crippen molar-refractivity contribution in [3.05, 3.63) is 34.8 Å². The second-order valence-corrected chi connectivity index (χ2v) is 4.28. The molecule has 5 heteroatoms. The molecule has 0 amide bonds. The molecule has 0 aliphatic rings. The first-order valence-corrected chi connectivity index (χ1v) is 5.78. The van der Waals surface area contributed by atoms with Crippen molar-refractivity contribution in [2.24, 2.45) is 0 Å². The molecule has 4 nitrogen and oxygen atoms in total. The molecule has 1 heterocycles. The van der Waals surface area contributed by atoms with Crippen LogP contribution in [0.2, 0.25) is 0 Å². The van der Waals surface area contributed by atoms with Crippen LogP contribution in [0.5, 0.6) is 0 Å². The van der Waals surface area contributed by atoms with Gasteiger partial charge in [-0.15, -0.1) is 10.2 Å².